The Morgan fingerprint density at radius 1 is 0.981 bits per heavy atom. The molecule has 3 N–H and O–H groups in total. The lowest BCUT2D eigenvalue weighted by atomic mass is 9.93. The Balaban J connectivity index is 1.17. The number of aryl methyl sites for hydroxylation is 1. The largest absolute Gasteiger partial charge is 0.481 e. The Bertz CT molecular complexity index is 2390. The van der Waals surface area contributed by atoms with Gasteiger partial charge < -0.3 is 20.0 Å². The number of rotatable bonds is 10. The molecule has 4 heterocycles. The van der Waals surface area contributed by atoms with Gasteiger partial charge in [0.2, 0.25) is 5.89 Å². The summed E-state index contributed by atoms with van der Waals surface area (Å²) in [5.74, 6) is 0.605. The summed E-state index contributed by atoms with van der Waals surface area (Å²) in [6.07, 6.45) is 2.98. The number of hydrogen-bond acceptors (Lipinski definition) is 11. The van der Waals surface area contributed by atoms with Crippen molar-refractivity contribution in [1.29, 1.82) is 5.26 Å². The maximum Gasteiger partial charge on any atom is 0.306 e. The Morgan fingerprint density at radius 3 is 2.40 bits per heavy atom. The summed E-state index contributed by atoms with van der Waals surface area (Å²) in [5, 5.41) is 34.5. The first-order valence-corrected chi connectivity index (χ1v) is 17.8. The zero-order valence-corrected chi connectivity index (χ0v) is 30.5. The highest BCUT2D eigenvalue weighted by molar-refractivity contribution is 5.89. The number of hydroxylamine groups is 2. The molecule has 0 unspecified atom stereocenters. The van der Waals surface area contributed by atoms with Crippen molar-refractivity contribution in [3.8, 4) is 28.7 Å². The maximum absolute atomic E-state index is 11.4. The smallest absolute Gasteiger partial charge is 0.306 e. The molecule has 1 aliphatic heterocycles. The number of oxazole rings is 1. The van der Waals surface area contributed by atoms with E-state index in [-0.39, 0.29) is 12.0 Å². The van der Waals surface area contributed by atoms with Crippen molar-refractivity contribution >= 4 is 39.6 Å². The maximum atomic E-state index is 11.4. The van der Waals surface area contributed by atoms with E-state index in [9.17, 15) is 20.4 Å². The number of nitriles is 1. The third-order valence-electron chi connectivity index (χ3n) is 10.1. The molecule has 6 aromatic rings. The quantitative estimate of drug-likeness (QED) is 0.118. The first kappa shape index (κ1) is 35.7. The Labute approximate surface area is 307 Å². The van der Waals surface area contributed by atoms with Crippen LogP contribution in [-0.2, 0) is 17.9 Å². The number of aliphatic carboxylic acids is 1. The number of benzene rings is 3. The molecule has 0 aliphatic carbocycles. The molecule has 270 valence electrons. The van der Waals surface area contributed by atoms with Gasteiger partial charge in [-0.2, -0.15) is 10.3 Å². The van der Waals surface area contributed by atoms with E-state index in [0.717, 1.165) is 44.6 Å². The first-order valence-electron chi connectivity index (χ1n) is 17.8. The summed E-state index contributed by atoms with van der Waals surface area (Å²) in [5.41, 5.74) is 10.3. The number of fused-ring (bicyclic) bond motifs is 2. The minimum Gasteiger partial charge on any atom is -0.481 e. The average Bonchev–Trinajstić information content (AvgIpc) is 3.56. The number of pyridine rings is 1. The number of nitrogens with zero attached hydrogens (tertiary/aromatic N) is 7. The van der Waals surface area contributed by atoms with Gasteiger partial charge in [-0.3, -0.25) is 14.7 Å². The van der Waals surface area contributed by atoms with E-state index in [1.54, 1.807) is 6.20 Å². The number of anilines is 2. The molecule has 53 heavy (non-hydrogen) atoms. The summed E-state index contributed by atoms with van der Waals surface area (Å²) < 4.78 is 6.30. The molecule has 7 rings (SSSR count). The first-order chi connectivity index (χ1) is 25.5. The van der Waals surface area contributed by atoms with Gasteiger partial charge in [0.1, 0.15) is 22.9 Å². The van der Waals surface area contributed by atoms with Gasteiger partial charge in [-0.05, 0) is 124 Å². The van der Waals surface area contributed by atoms with Gasteiger partial charge in [0, 0.05) is 30.0 Å². The molecule has 0 bridgehead atoms. The summed E-state index contributed by atoms with van der Waals surface area (Å²) in [6, 6.07) is 20.2. The highest BCUT2D eigenvalue weighted by atomic mass is 16.5. The van der Waals surface area contributed by atoms with Crippen molar-refractivity contribution in [3.63, 3.8) is 0 Å². The van der Waals surface area contributed by atoms with E-state index < -0.39 is 5.97 Å². The SMILES string of the molecule is Cc1nc(Nc2cccc(-c3cccc(-c4nc5cc(CN6CCC(C(=O)O)CC6)cc(C#N)c5o4)c3C)c2C)c2ncc(CN(O)C(C)C)cc2n1. The van der Waals surface area contributed by atoms with Gasteiger partial charge in [-0.25, -0.2) is 15.0 Å². The molecule has 0 radical (unpaired) electrons. The van der Waals surface area contributed by atoms with E-state index in [2.05, 4.69) is 45.3 Å². The number of carboxylic acids is 1. The zero-order chi connectivity index (χ0) is 37.4. The molecule has 3 aromatic heterocycles. The van der Waals surface area contributed by atoms with Crippen LogP contribution >= 0.6 is 0 Å². The minimum absolute atomic E-state index is 0.0251. The molecular formula is C41H42N8O4. The fourth-order valence-corrected chi connectivity index (χ4v) is 7.05. The van der Waals surface area contributed by atoms with E-state index in [0.29, 0.717) is 84.3 Å². The molecular weight excluding hydrogens is 669 g/mol. The topological polar surface area (TPSA) is 165 Å². The predicted molar refractivity (Wildman–Crippen MR) is 203 cm³/mol. The lowest BCUT2D eigenvalue weighted by Gasteiger charge is -2.30. The second-order valence-corrected chi connectivity index (χ2v) is 14.1. The molecule has 1 saturated heterocycles. The van der Waals surface area contributed by atoms with Crippen LogP contribution in [0.4, 0.5) is 11.5 Å². The average molecular weight is 711 g/mol. The molecule has 0 amide bonds. The van der Waals surface area contributed by atoms with Crippen LogP contribution in [0.1, 0.15) is 60.3 Å². The van der Waals surface area contributed by atoms with Crippen molar-refractivity contribution in [1.82, 2.24) is 29.9 Å². The van der Waals surface area contributed by atoms with Gasteiger partial charge >= 0.3 is 5.97 Å². The van der Waals surface area contributed by atoms with Gasteiger partial charge in [-0.15, -0.1) is 0 Å². The minimum atomic E-state index is -0.733. The highest BCUT2D eigenvalue weighted by Gasteiger charge is 2.25. The monoisotopic (exact) mass is 710 g/mol. The molecule has 1 aliphatic rings. The van der Waals surface area contributed by atoms with Gasteiger partial charge in [0.05, 0.1) is 23.5 Å². The number of hydrogen-bond donors (Lipinski definition) is 3. The fourth-order valence-electron chi connectivity index (χ4n) is 7.05. The van der Waals surface area contributed by atoms with Gasteiger partial charge in [-0.1, -0.05) is 24.3 Å². The van der Waals surface area contributed by atoms with Crippen LogP contribution in [-0.4, -0.2) is 65.3 Å². The lowest BCUT2D eigenvalue weighted by molar-refractivity contribution is -0.143. The van der Waals surface area contributed by atoms with Crippen LogP contribution in [0.3, 0.4) is 0 Å². The number of likely N-dealkylation sites (tertiary alicyclic amines) is 1. The van der Waals surface area contributed by atoms with Gasteiger partial charge in [0.25, 0.3) is 0 Å². The second-order valence-electron chi connectivity index (χ2n) is 14.1. The number of nitrogens with one attached hydrogen (secondary N) is 1. The molecule has 0 saturated carbocycles. The van der Waals surface area contributed by atoms with Crippen molar-refractivity contribution < 1.29 is 19.5 Å². The highest BCUT2D eigenvalue weighted by Crippen LogP contribution is 2.38. The van der Waals surface area contributed by atoms with Gasteiger partial charge in [0.15, 0.2) is 11.4 Å². The zero-order valence-electron chi connectivity index (χ0n) is 30.5. The molecule has 12 nitrogen and oxygen atoms in total. The summed E-state index contributed by atoms with van der Waals surface area (Å²) in [6.45, 7) is 12.1. The van der Waals surface area contributed by atoms with Crippen molar-refractivity contribution in [2.45, 2.75) is 66.6 Å². The summed E-state index contributed by atoms with van der Waals surface area (Å²) >= 11 is 0. The van der Waals surface area contributed by atoms with Crippen LogP contribution in [0.25, 0.3) is 44.7 Å². The third kappa shape index (κ3) is 7.32. The number of carbonyl (C=O) groups is 1. The van der Waals surface area contributed by atoms with E-state index >= 15 is 0 Å². The second kappa shape index (κ2) is 14.7. The number of piperidine rings is 1. The summed E-state index contributed by atoms with van der Waals surface area (Å²) in [7, 11) is 0. The lowest BCUT2D eigenvalue weighted by Crippen LogP contribution is -2.35. The van der Waals surface area contributed by atoms with Crippen LogP contribution in [0.15, 0.2) is 65.2 Å². The number of aromatic nitrogens is 4. The van der Waals surface area contributed by atoms with Crippen molar-refractivity contribution in [3.05, 3.63) is 94.4 Å². The predicted octanol–water partition coefficient (Wildman–Crippen LogP) is 7.94. The van der Waals surface area contributed by atoms with Crippen molar-refractivity contribution in [2.24, 2.45) is 5.92 Å². The molecule has 0 atom stereocenters. The van der Waals surface area contributed by atoms with Crippen LogP contribution in [0.2, 0.25) is 0 Å². The van der Waals surface area contributed by atoms with Crippen molar-refractivity contribution in [2.75, 3.05) is 18.4 Å². The summed E-state index contributed by atoms with van der Waals surface area (Å²) in [4.78, 5) is 32.5. The third-order valence-corrected chi connectivity index (χ3v) is 10.1. The Kier molecular flexibility index (Phi) is 9.90. The van der Waals surface area contributed by atoms with Crippen LogP contribution in [0, 0.1) is 38.0 Å². The normalized spacial score (nSPS) is 14.0. The Morgan fingerprint density at radius 2 is 1.68 bits per heavy atom. The fraction of sp³-hybridized carbons (Fsp3) is 0.317. The van der Waals surface area contributed by atoms with E-state index in [1.165, 1.54) is 5.06 Å². The van der Waals surface area contributed by atoms with E-state index in [4.69, 9.17) is 14.4 Å². The van der Waals surface area contributed by atoms with E-state index in [1.807, 2.05) is 70.2 Å². The molecule has 0 spiro atoms. The van der Waals surface area contributed by atoms with Crippen LogP contribution in [0.5, 0.6) is 0 Å². The molecule has 12 heteroatoms. The Hall–Kier alpha value is -5.74. The van der Waals surface area contributed by atoms with Crippen LogP contribution < -0.4 is 5.32 Å². The number of carboxylic acid groups (broad SMARTS) is 1. The standard InChI is InChI=1S/C41H42N8O4/c1-23(2)49(52)22-28-18-35-37(43-20-28)39(45-26(5)44-35)46-34-11-7-9-32(25(34)4)31-8-6-10-33(24(31)3)40-47-36-17-27(16-30(19-42)38(36)53-40)21-48-14-12-29(13-15-48)41(50)51/h6-11,16-18,20,23,29,52H,12-15,21-22H2,1-5H3,(H,50,51)(H,44,45,46). The molecule has 3 aromatic carbocycles. The molecule has 1 fully saturated rings.